The minimum atomic E-state index is -0.281. The molecule has 12 aromatic rings. The van der Waals surface area contributed by atoms with Crippen molar-refractivity contribution in [3.63, 3.8) is 0 Å². The molecule has 68 heavy (non-hydrogen) atoms. The minimum Gasteiger partial charge on any atom is -0.308 e. The molecule has 3 aromatic heterocycles. The van der Waals surface area contributed by atoms with E-state index in [0.29, 0.717) is 0 Å². The van der Waals surface area contributed by atoms with E-state index < -0.39 is 0 Å². The van der Waals surface area contributed by atoms with Crippen molar-refractivity contribution >= 4 is 84.8 Å². The molecule has 0 N–H and O–H groups in total. The highest BCUT2D eigenvalue weighted by molar-refractivity contribution is 7.26. The Morgan fingerprint density at radius 2 is 1.04 bits per heavy atom. The molecule has 330 valence electrons. The van der Waals surface area contributed by atoms with Gasteiger partial charge in [-0.05, 0) is 146 Å². The van der Waals surface area contributed by atoms with E-state index in [0.717, 1.165) is 57.4 Å². The minimum absolute atomic E-state index is 0.00594. The standard InChI is InChI=1S/C63H47F2NS2/c1-35(2)55-57(38-16-13-18-41(64)32-38)59(40-31-37-15-5-6-20-43(37)44-27-29-53-60(49(44)34-40)47-22-8-11-25-51(47)67-53)58(39-17-14-19-42(65)33-39)56(36(3)4)63(55)66-50-24-10-7-21-45(50)46-28-30-54-61(62(46)66)48-23-9-12-26-52(48)68-54/h5-30,32-33,35-36,40H,31,34H2,1-4H3. The highest BCUT2D eigenvalue weighted by Crippen LogP contribution is 2.55. The van der Waals surface area contributed by atoms with Gasteiger partial charge in [-0.3, -0.25) is 0 Å². The van der Waals surface area contributed by atoms with Gasteiger partial charge >= 0.3 is 0 Å². The first-order valence-corrected chi connectivity index (χ1v) is 25.5. The lowest BCUT2D eigenvalue weighted by Gasteiger charge is -2.34. The highest BCUT2D eigenvalue weighted by atomic mass is 32.1. The van der Waals surface area contributed by atoms with Crippen molar-refractivity contribution in [1.29, 1.82) is 0 Å². The first kappa shape index (κ1) is 41.3. The number of thiophene rings is 2. The molecule has 3 heterocycles. The van der Waals surface area contributed by atoms with Gasteiger partial charge in [-0.15, -0.1) is 22.7 Å². The first-order valence-electron chi connectivity index (χ1n) is 23.8. The second-order valence-electron chi connectivity index (χ2n) is 19.3. The van der Waals surface area contributed by atoms with Crippen LogP contribution in [0.4, 0.5) is 8.78 Å². The molecule has 1 atom stereocenters. The van der Waals surface area contributed by atoms with Gasteiger partial charge in [0.1, 0.15) is 11.6 Å². The summed E-state index contributed by atoms with van der Waals surface area (Å²) in [6, 6.07) is 59.0. The van der Waals surface area contributed by atoms with Crippen molar-refractivity contribution in [1.82, 2.24) is 4.57 Å². The van der Waals surface area contributed by atoms with Gasteiger partial charge < -0.3 is 4.57 Å². The normalized spacial score (nSPS) is 14.0. The molecule has 0 bridgehead atoms. The van der Waals surface area contributed by atoms with Crippen LogP contribution in [-0.2, 0) is 12.8 Å². The lowest BCUT2D eigenvalue weighted by molar-refractivity contribution is 0.628. The van der Waals surface area contributed by atoms with Gasteiger partial charge in [0.25, 0.3) is 0 Å². The Balaban J connectivity index is 1.26. The van der Waals surface area contributed by atoms with Crippen LogP contribution in [0.25, 0.3) is 101 Å². The molecule has 1 nitrogen and oxygen atoms in total. The topological polar surface area (TPSA) is 4.93 Å². The van der Waals surface area contributed by atoms with Crippen LogP contribution in [0.2, 0.25) is 0 Å². The quantitative estimate of drug-likeness (QED) is 0.157. The monoisotopic (exact) mass is 919 g/mol. The molecular weight excluding hydrogens is 873 g/mol. The van der Waals surface area contributed by atoms with Crippen molar-refractivity contribution < 1.29 is 8.78 Å². The van der Waals surface area contributed by atoms with Crippen LogP contribution in [0.5, 0.6) is 0 Å². The SMILES string of the molecule is CC(C)c1c(-c2cccc(F)c2)c(C2Cc3ccccc3-c3ccc4sc5ccccc5c4c3C2)c(-c2cccc(F)c2)c(C(C)C)c1-n1c2ccccc2c2ccc3sc4ccccc4c3c21. The molecule has 1 aliphatic rings. The molecule has 0 saturated carbocycles. The third-order valence-corrected chi connectivity index (χ3v) is 16.9. The Bertz CT molecular complexity index is 3950. The number of hydrogen-bond acceptors (Lipinski definition) is 2. The Morgan fingerprint density at radius 3 is 1.69 bits per heavy atom. The maximum atomic E-state index is 16.2. The molecule has 0 spiro atoms. The molecule has 0 saturated heterocycles. The summed E-state index contributed by atoms with van der Waals surface area (Å²) in [5.74, 6) is -0.650. The molecule has 5 heteroatoms. The van der Waals surface area contributed by atoms with Crippen molar-refractivity contribution in [2.24, 2.45) is 0 Å². The maximum Gasteiger partial charge on any atom is 0.123 e. The highest BCUT2D eigenvalue weighted by Gasteiger charge is 2.36. The fourth-order valence-electron chi connectivity index (χ4n) is 12.1. The van der Waals surface area contributed by atoms with Crippen LogP contribution >= 0.6 is 22.7 Å². The number of benzene rings is 9. The average Bonchev–Trinajstić information content (AvgIpc) is 3.99. The average molecular weight is 920 g/mol. The van der Waals surface area contributed by atoms with E-state index in [-0.39, 0.29) is 29.4 Å². The van der Waals surface area contributed by atoms with E-state index in [2.05, 4.69) is 166 Å². The first-order chi connectivity index (χ1) is 33.2. The van der Waals surface area contributed by atoms with Crippen LogP contribution in [0, 0.1) is 11.6 Å². The fraction of sp³-hybridized carbons (Fsp3) is 0.143. The summed E-state index contributed by atoms with van der Waals surface area (Å²) >= 11 is 3.69. The molecule has 0 aliphatic heterocycles. The summed E-state index contributed by atoms with van der Waals surface area (Å²) in [6.45, 7) is 9.22. The lowest BCUT2D eigenvalue weighted by atomic mass is 9.72. The zero-order valence-corrected chi connectivity index (χ0v) is 40.0. The van der Waals surface area contributed by atoms with Gasteiger partial charge in [0, 0.05) is 51.1 Å². The van der Waals surface area contributed by atoms with Crippen LogP contribution in [0.1, 0.15) is 73.3 Å². The largest absolute Gasteiger partial charge is 0.308 e. The van der Waals surface area contributed by atoms with E-state index in [1.807, 2.05) is 34.8 Å². The van der Waals surface area contributed by atoms with Gasteiger partial charge in [0.2, 0.25) is 0 Å². The number of nitrogens with zero attached hydrogens (tertiary/aromatic N) is 1. The second kappa shape index (κ2) is 15.8. The van der Waals surface area contributed by atoms with Crippen LogP contribution in [0.3, 0.4) is 0 Å². The van der Waals surface area contributed by atoms with Crippen LogP contribution in [0.15, 0.2) is 170 Å². The molecule has 0 amide bonds. The van der Waals surface area contributed by atoms with E-state index in [9.17, 15) is 0 Å². The number of hydrogen-bond donors (Lipinski definition) is 0. The van der Waals surface area contributed by atoms with Crippen molar-refractivity contribution in [3.05, 3.63) is 209 Å². The van der Waals surface area contributed by atoms with Gasteiger partial charge in [-0.1, -0.05) is 143 Å². The Kier molecular flexibility index (Phi) is 9.61. The van der Waals surface area contributed by atoms with Gasteiger partial charge in [-0.2, -0.15) is 0 Å². The number of fused-ring (bicyclic) bond motifs is 14. The van der Waals surface area contributed by atoms with Gasteiger partial charge in [0.05, 0.1) is 16.7 Å². The summed E-state index contributed by atoms with van der Waals surface area (Å²) in [4.78, 5) is 0. The maximum absolute atomic E-state index is 16.2. The molecule has 0 radical (unpaired) electrons. The number of aromatic nitrogens is 1. The number of rotatable bonds is 6. The van der Waals surface area contributed by atoms with Gasteiger partial charge in [0.15, 0.2) is 0 Å². The summed E-state index contributed by atoms with van der Waals surface area (Å²) in [6.07, 6.45) is 1.50. The predicted octanol–water partition coefficient (Wildman–Crippen LogP) is 18.9. The Hall–Kier alpha value is -6.92. The van der Waals surface area contributed by atoms with Crippen LogP contribution in [-0.4, -0.2) is 4.57 Å². The lowest BCUT2D eigenvalue weighted by Crippen LogP contribution is -2.18. The summed E-state index contributed by atoms with van der Waals surface area (Å²) < 4.78 is 40.0. The van der Waals surface area contributed by atoms with E-state index >= 15 is 8.78 Å². The summed E-state index contributed by atoms with van der Waals surface area (Å²) in [5.41, 5.74) is 15.8. The fourth-order valence-corrected chi connectivity index (χ4v) is 14.3. The summed E-state index contributed by atoms with van der Waals surface area (Å²) in [5, 5.41) is 7.42. The molecule has 13 rings (SSSR count). The Morgan fingerprint density at radius 1 is 0.485 bits per heavy atom. The molecular formula is C63H47F2NS2. The zero-order chi connectivity index (χ0) is 45.9. The van der Waals surface area contributed by atoms with Crippen LogP contribution < -0.4 is 0 Å². The predicted molar refractivity (Wildman–Crippen MR) is 288 cm³/mol. The third kappa shape index (κ3) is 6.21. The van der Waals surface area contributed by atoms with E-state index in [4.69, 9.17) is 0 Å². The second-order valence-corrected chi connectivity index (χ2v) is 21.4. The smallest absolute Gasteiger partial charge is 0.123 e. The van der Waals surface area contributed by atoms with E-state index in [1.165, 1.54) is 84.5 Å². The number of para-hydroxylation sites is 1. The Labute approximate surface area is 402 Å². The molecule has 1 unspecified atom stereocenters. The molecule has 9 aromatic carbocycles. The summed E-state index contributed by atoms with van der Waals surface area (Å²) in [7, 11) is 0. The molecule has 0 fully saturated rings. The van der Waals surface area contributed by atoms with E-state index in [1.54, 1.807) is 24.3 Å². The van der Waals surface area contributed by atoms with Crippen molar-refractivity contribution in [2.75, 3.05) is 0 Å². The zero-order valence-electron chi connectivity index (χ0n) is 38.3. The number of halogens is 2. The third-order valence-electron chi connectivity index (χ3n) is 14.7. The van der Waals surface area contributed by atoms with Crippen molar-refractivity contribution in [3.8, 4) is 39.1 Å². The molecule has 1 aliphatic carbocycles. The van der Waals surface area contributed by atoms with Crippen molar-refractivity contribution in [2.45, 2.75) is 58.3 Å². The van der Waals surface area contributed by atoms with Gasteiger partial charge in [-0.25, -0.2) is 8.78 Å².